The van der Waals surface area contributed by atoms with Crippen LogP contribution in [0.15, 0.2) is 66.9 Å². The Morgan fingerprint density at radius 1 is 1.00 bits per heavy atom. The van der Waals surface area contributed by atoms with Gasteiger partial charge < -0.3 is 0 Å². The fourth-order valence-corrected chi connectivity index (χ4v) is 3.36. The molecule has 30 heavy (non-hydrogen) atoms. The van der Waals surface area contributed by atoms with Gasteiger partial charge >= 0.3 is 6.18 Å². The van der Waals surface area contributed by atoms with Gasteiger partial charge in [-0.1, -0.05) is 35.9 Å². The van der Waals surface area contributed by atoms with Crippen molar-refractivity contribution in [3.05, 3.63) is 94.7 Å². The maximum absolute atomic E-state index is 13.3. The number of amides is 1. The van der Waals surface area contributed by atoms with Crippen molar-refractivity contribution < 1.29 is 18.0 Å². The summed E-state index contributed by atoms with van der Waals surface area (Å²) in [5.41, 5.74) is 1.83. The number of halogens is 3. The molecule has 0 atom stereocenters. The van der Waals surface area contributed by atoms with Gasteiger partial charge in [0.05, 0.1) is 16.8 Å². The zero-order valence-corrected chi connectivity index (χ0v) is 16.3. The highest BCUT2D eigenvalue weighted by Gasteiger charge is 2.39. The minimum Gasteiger partial charge on any atom is -0.267 e. The zero-order valence-electron chi connectivity index (χ0n) is 16.3. The molecule has 4 rings (SSSR count). The summed E-state index contributed by atoms with van der Waals surface area (Å²) >= 11 is 0. The topological polar surface area (TPSA) is 36.4 Å². The number of carbonyl (C=O) groups is 1. The highest BCUT2D eigenvalue weighted by molar-refractivity contribution is 6.12. The van der Waals surface area contributed by atoms with E-state index in [1.165, 1.54) is 16.1 Å². The standard InChI is InChI=1S/C23H18F3N3O/c1-15-6-8-16(9-7-15)13-20-19-14-17(23(24,25)26)10-11-18(19)22(30)29(20)28(2)21-5-3-4-12-27-21/h3-14H,1-2H3. The first-order valence-corrected chi connectivity index (χ1v) is 9.25. The lowest BCUT2D eigenvalue weighted by Gasteiger charge is -2.30. The average Bonchev–Trinajstić information content (AvgIpc) is 3.00. The zero-order chi connectivity index (χ0) is 21.5. The third kappa shape index (κ3) is 3.54. The number of carbonyl (C=O) groups excluding carboxylic acids is 1. The van der Waals surface area contributed by atoms with E-state index in [4.69, 9.17) is 0 Å². The molecule has 1 aliphatic rings. The minimum absolute atomic E-state index is 0.212. The fourth-order valence-electron chi connectivity index (χ4n) is 3.36. The number of nitrogens with zero attached hydrogens (tertiary/aromatic N) is 3. The summed E-state index contributed by atoms with van der Waals surface area (Å²) in [6, 6.07) is 16.0. The van der Waals surface area contributed by atoms with E-state index < -0.39 is 17.6 Å². The van der Waals surface area contributed by atoms with E-state index in [1.807, 2.05) is 31.2 Å². The van der Waals surface area contributed by atoms with Crippen molar-refractivity contribution in [3.8, 4) is 0 Å². The molecular formula is C23H18F3N3O. The predicted octanol–water partition coefficient (Wildman–Crippen LogP) is 5.41. The van der Waals surface area contributed by atoms with E-state index in [-0.39, 0.29) is 11.1 Å². The molecule has 0 fully saturated rings. The Kier molecular flexibility index (Phi) is 4.81. The number of aryl methyl sites for hydroxylation is 1. The molecule has 0 saturated carbocycles. The first-order chi connectivity index (χ1) is 14.3. The maximum Gasteiger partial charge on any atom is 0.416 e. The van der Waals surface area contributed by atoms with Crippen LogP contribution in [0, 0.1) is 6.92 Å². The van der Waals surface area contributed by atoms with Crippen LogP contribution in [0.1, 0.15) is 32.6 Å². The van der Waals surface area contributed by atoms with Gasteiger partial charge in [-0.15, -0.1) is 0 Å². The van der Waals surface area contributed by atoms with Crippen LogP contribution in [-0.2, 0) is 6.18 Å². The van der Waals surface area contributed by atoms with Crippen LogP contribution in [-0.4, -0.2) is 22.9 Å². The molecule has 0 N–H and O–H groups in total. The molecule has 152 valence electrons. The molecule has 0 unspecified atom stereocenters. The van der Waals surface area contributed by atoms with Crippen molar-refractivity contribution in [1.82, 2.24) is 9.99 Å². The van der Waals surface area contributed by atoms with Gasteiger partial charge in [-0.3, -0.25) is 9.80 Å². The fraction of sp³-hybridized carbons (Fsp3) is 0.130. The average molecular weight is 409 g/mol. The molecule has 0 bridgehead atoms. The van der Waals surface area contributed by atoms with E-state index >= 15 is 0 Å². The third-order valence-corrected chi connectivity index (χ3v) is 4.94. The van der Waals surface area contributed by atoms with Crippen LogP contribution in [0.4, 0.5) is 19.0 Å². The Labute approximate surface area is 171 Å². The largest absolute Gasteiger partial charge is 0.416 e. The molecule has 0 aliphatic carbocycles. The van der Waals surface area contributed by atoms with Crippen molar-refractivity contribution in [2.45, 2.75) is 13.1 Å². The number of hydrogen-bond donors (Lipinski definition) is 0. The lowest BCUT2D eigenvalue weighted by atomic mass is 10.0. The molecule has 0 spiro atoms. The van der Waals surface area contributed by atoms with Gasteiger partial charge in [-0.2, -0.15) is 13.2 Å². The van der Waals surface area contributed by atoms with Gasteiger partial charge in [0, 0.05) is 18.8 Å². The van der Waals surface area contributed by atoms with Crippen LogP contribution in [0.3, 0.4) is 0 Å². The van der Waals surface area contributed by atoms with Gasteiger partial charge in [0.25, 0.3) is 5.91 Å². The number of alkyl halides is 3. The summed E-state index contributed by atoms with van der Waals surface area (Å²) < 4.78 is 40.0. The van der Waals surface area contributed by atoms with E-state index in [9.17, 15) is 18.0 Å². The van der Waals surface area contributed by atoms with Gasteiger partial charge in [0.1, 0.15) is 5.82 Å². The van der Waals surface area contributed by atoms with E-state index in [0.29, 0.717) is 11.5 Å². The summed E-state index contributed by atoms with van der Waals surface area (Å²) in [5, 5.41) is 2.89. The molecular weight excluding hydrogens is 391 g/mol. The molecule has 4 nitrogen and oxygen atoms in total. The summed E-state index contributed by atoms with van der Waals surface area (Å²) in [6.07, 6.45) is -1.21. The van der Waals surface area contributed by atoms with Crippen LogP contribution >= 0.6 is 0 Å². The van der Waals surface area contributed by atoms with Crippen molar-refractivity contribution in [1.29, 1.82) is 0 Å². The number of aromatic nitrogens is 1. The Hall–Kier alpha value is -3.61. The van der Waals surface area contributed by atoms with Crippen molar-refractivity contribution in [2.24, 2.45) is 0 Å². The second-order valence-electron chi connectivity index (χ2n) is 7.03. The van der Waals surface area contributed by atoms with Crippen LogP contribution in [0.25, 0.3) is 11.8 Å². The minimum atomic E-state index is -4.51. The SMILES string of the molecule is Cc1ccc(C=C2c3cc(C(F)(F)F)ccc3C(=O)N2N(C)c2ccccn2)cc1. The Morgan fingerprint density at radius 3 is 2.37 bits per heavy atom. The summed E-state index contributed by atoms with van der Waals surface area (Å²) in [4.78, 5) is 17.4. The molecule has 1 aromatic heterocycles. The van der Waals surface area contributed by atoms with E-state index in [1.54, 1.807) is 37.5 Å². The molecule has 2 heterocycles. The smallest absolute Gasteiger partial charge is 0.267 e. The Balaban J connectivity index is 1.88. The molecule has 2 aromatic carbocycles. The number of benzene rings is 2. The monoisotopic (exact) mass is 409 g/mol. The number of hydrogen-bond acceptors (Lipinski definition) is 3. The summed E-state index contributed by atoms with van der Waals surface area (Å²) in [7, 11) is 1.65. The molecule has 1 amide bonds. The number of anilines is 1. The quantitative estimate of drug-likeness (QED) is 0.580. The normalized spacial score (nSPS) is 14.9. The van der Waals surface area contributed by atoms with E-state index in [0.717, 1.165) is 23.3 Å². The highest BCUT2D eigenvalue weighted by Crippen LogP contribution is 2.40. The lowest BCUT2D eigenvalue weighted by molar-refractivity contribution is -0.137. The molecule has 3 aromatic rings. The van der Waals surface area contributed by atoms with Crippen molar-refractivity contribution >= 4 is 23.5 Å². The molecule has 1 aliphatic heterocycles. The lowest BCUT2D eigenvalue weighted by Crippen LogP contribution is -2.39. The van der Waals surface area contributed by atoms with E-state index in [2.05, 4.69) is 4.98 Å². The molecule has 0 saturated heterocycles. The first-order valence-electron chi connectivity index (χ1n) is 9.25. The maximum atomic E-state index is 13.3. The predicted molar refractivity (Wildman–Crippen MR) is 109 cm³/mol. The number of pyridine rings is 1. The van der Waals surface area contributed by atoms with Crippen LogP contribution in [0.2, 0.25) is 0 Å². The Morgan fingerprint density at radius 2 is 1.73 bits per heavy atom. The number of hydrazine groups is 1. The Bertz CT molecular complexity index is 1120. The highest BCUT2D eigenvalue weighted by atomic mass is 19.4. The first kappa shape index (κ1) is 19.7. The van der Waals surface area contributed by atoms with Gasteiger partial charge in [0.2, 0.25) is 0 Å². The van der Waals surface area contributed by atoms with Gasteiger partial charge in [0.15, 0.2) is 0 Å². The van der Waals surface area contributed by atoms with Crippen LogP contribution < -0.4 is 5.01 Å². The number of rotatable bonds is 3. The molecule has 7 heteroatoms. The van der Waals surface area contributed by atoms with Crippen molar-refractivity contribution in [3.63, 3.8) is 0 Å². The summed E-state index contributed by atoms with van der Waals surface area (Å²) in [6.45, 7) is 1.95. The second-order valence-corrected chi connectivity index (χ2v) is 7.03. The van der Waals surface area contributed by atoms with Gasteiger partial charge in [-0.25, -0.2) is 9.99 Å². The second kappa shape index (κ2) is 7.33. The van der Waals surface area contributed by atoms with Crippen molar-refractivity contribution in [2.75, 3.05) is 12.1 Å². The number of fused-ring (bicyclic) bond motifs is 1. The van der Waals surface area contributed by atoms with Crippen LogP contribution in [0.5, 0.6) is 0 Å². The molecule has 0 radical (unpaired) electrons. The third-order valence-electron chi connectivity index (χ3n) is 4.94. The van der Waals surface area contributed by atoms with Gasteiger partial charge in [-0.05, 0) is 48.9 Å². The summed E-state index contributed by atoms with van der Waals surface area (Å²) in [5.74, 6) is 0.0785.